The Labute approximate surface area is 111 Å². The van der Waals surface area contributed by atoms with Crippen molar-refractivity contribution in [1.29, 1.82) is 0 Å². The minimum Gasteiger partial charge on any atom is -0.473 e. The molecule has 3 heterocycles. The number of likely N-dealkylation sites (N-methyl/N-ethyl adjacent to an activating group) is 1. The standard InChI is InChI=1S/C13H17N5O/c1-8-16-11-6-15-12(5-10(11)13(14)17-8)19-9-3-4-18(2)7-9/h5-6,9H,3-4,7H2,1-2H3,(H2,14,16,17)/t9-/m0/s1. The fraction of sp³-hybridized carbons (Fsp3) is 0.462. The lowest BCUT2D eigenvalue weighted by Gasteiger charge is -2.13. The average Bonchev–Trinajstić information content (AvgIpc) is 2.75. The van der Waals surface area contributed by atoms with Crippen LogP contribution in [0, 0.1) is 6.92 Å². The zero-order chi connectivity index (χ0) is 13.4. The number of hydrogen-bond acceptors (Lipinski definition) is 6. The summed E-state index contributed by atoms with van der Waals surface area (Å²) in [5, 5.41) is 0.793. The maximum atomic E-state index is 5.91. The maximum Gasteiger partial charge on any atom is 0.214 e. The van der Waals surface area contributed by atoms with Crippen molar-refractivity contribution < 1.29 is 4.74 Å². The minimum atomic E-state index is 0.197. The van der Waals surface area contributed by atoms with Gasteiger partial charge in [0, 0.05) is 24.5 Å². The summed E-state index contributed by atoms with van der Waals surface area (Å²) in [5.41, 5.74) is 6.66. The van der Waals surface area contributed by atoms with E-state index in [-0.39, 0.29) is 6.10 Å². The Morgan fingerprint density at radius 2 is 2.26 bits per heavy atom. The van der Waals surface area contributed by atoms with Crippen molar-refractivity contribution in [3.05, 3.63) is 18.1 Å². The molecule has 0 unspecified atom stereocenters. The SMILES string of the molecule is Cc1nc(N)c2cc(O[C@H]3CCN(C)C3)ncc2n1. The van der Waals surface area contributed by atoms with Crippen LogP contribution in [0.3, 0.4) is 0 Å². The van der Waals surface area contributed by atoms with Crippen LogP contribution in [-0.4, -0.2) is 46.1 Å². The van der Waals surface area contributed by atoms with Gasteiger partial charge in [0.25, 0.3) is 0 Å². The van der Waals surface area contributed by atoms with E-state index in [1.165, 1.54) is 0 Å². The molecule has 2 N–H and O–H groups in total. The Hall–Kier alpha value is -1.95. The van der Waals surface area contributed by atoms with E-state index in [9.17, 15) is 0 Å². The van der Waals surface area contributed by atoms with Crippen LogP contribution in [0.5, 0.6) is 5.88 Å². The molecule has 2 aromatic rings. The molecule has 1 saturated heterocycles. The molecule has 1 aliphatic rings. The van der Waals surface area contributed by atoms with Gasteiger partial charge >= 0.3 is 0 Å². The van der Waals surface area contributed by atoms with Crippen LogP contribution in [0.15, 0.2) is 12.3 Å². The number of pyridine rings is 1. The van der Waals surface area contributed by atoms with E-state index in [1.807, 2.05) is 13.0 Å². The minimum absolute atomic E-state index is 0.197. The zero-order valence-electron chi connectivity index (χ0n) is 11.1. The second-order valence-corrected chi connectivity index (χ2v) is 4.99. The van der Waals surface area contributed by atoms with Crippen molar-refractivity contribution in [3.63, 3.8) is 0 Å². The molecule has 1 aliphatic heterocycles. The molecular formula is C13H17N5O. The van der Waals surface area contributed by atoms with Crippen molar-refractivity contribution in [2.45, 2.75) is 19.4 Å². The van der Waals surface area contributed by atoms with Gasteiger partial charge in [-0.25, -0.2) is 15.0 Å². The molecular weight excluding hydrogens is 242 g/mol. The maximum absolute atomic E-state index is 5.91. The highest BCUT2D eigenvalue weighted by molar-refractivity contribution is 5.88. The molecule has 6 heteroatoms. The first-order valence-corrected chi connectivity index (χ1v) is 6.37. The highest BCUT2D eigenvalue weighted by atomic mass is 16.5. The summed E-state index contributed by atoms with van der Waals surface area (Å²) in [4.78, 5) is 15.0. The number of fused-ring (bicyclic) bond motifs is 1. The topological polar surface area (TPSA) is 77.2 Å². The summed E-state index contributed by atoms with van der Waals surface area (Å²) in [6.45, 7) is 3.80. The first-order chi connectivity index (χ1) is 9.11. The van der Waals surface area contributed by atoms with Crippen LogP contribution in [0.1, 0.15) is 12.2 Å². The van der Waals surface area contributed by atoms with Gasteiger partial charge in [-0.15, -0.1) is 0 Å². The highest BCUT2D eigenvalue weighted by Crippen LogP contribution is 2.23. The Morgan fingerprint density at radius 1 is 1.42 bits per heavy atom. The molecule has 0 radical (unpaired) electrons. The van der Waals surface area contributed by atoms with E-state index in [4.69, 9.17) is 10.5 Å². The molecule has 1 atom stereocenters. The summed E-state index contributed by atoms with van der Waals surface area (Å²) < 4.78 is 5.88. The fourth-order valence-corrected chi connectivity index (χ4v) is 2.38. The number of likely N-dealkylation sites (tertiary alicyclic amines) is 1. The van der Waals surface area contributed by atoms with Crippen LogP contribution >= 0.6 is 0 Å². The number of hydrogen-bond donors (Lipinski definition) is 1. The smallest absolute Gasteiger partial charge is 0.214 e. The quantitative estimate of drug-likeness (QED) is 0.867. The zero-order valence-corrected chi connectivity index (χ0v) is 11.1. The number of nitrogens with zero attached hydrogens (tertiary/aromatic N) is 4. The summed E-state index contributed by atoms with van der Waals surface area (Å²) in [5.74, 6) is 1.71. The van der Waals surface area contributed by atoms with Crippen molar-refractivity contribution in [2.24, 2.45) is 0 Å². The van der Waals surface area contributed by atoms with Crippen LogP contribution in [-0.2, 0) is 0 Å². The number of anilines is 1. The summed E-state index contributed by atoms with van der Waals surface area (Å²) in [7, 11) is 2.09. The van der Waals surface area contributed by atoms with E-state index in [1.54, 1.807) is 6.20 Å². The van der Waals surface area contributed by atoms with Crippen molar-refractivity contribution >= 4 is 16.7 Å². The highest BCUT2D eigenvalue weighted by Gasteiger charge is 2.21. The molecule has 0 saturated carbocycles. The summed E-state index contributed by atoms with van der Waals surface area (Å²) in [6, 6.07) is 1.82. The van der Waals surface area contributed by atoms with Gasteiger partial charge in [-0.05, 0) is 20.4 Å². The second-order valence-electron chi connectivity index (χ2n) is 4.99. The lowest BCUT2D eigenvalue weighted by atomic mass is 10.2. The molecule has 2 aromatic heterocycles. The lowest BCUT2D eigenvalue weighted by Crippen LogP contribution is -2.21. The van der Waals surface area contributed by atoms with Crippen LogP contribution < -0.4 is 10.5 Å². The van der Waals surface area contributed by atoms with Crippen LogP contribution in [0.25, 0.3) is 10.9 Å². The van der Waals surface area contributed by atoms with Crippen molar-refractivity contribution in [3.8, 4) is 5.88 Å². The number of nitrogen functional groups attached to an aromatic ring is 1. The molecule has 0 aromatic carbocycles. The third-order valence-electron chi connectivity index (χ3n) is 3.33. The molecule has 0 spiro atoms. The molecule has 0 aliphatic carbocycles. The number of nitrogens with two attached hydrogens (primary N) is 1. The molecule has 6 nitrogen and oxygen atoms in total. The molecule has 0 bridgehead atoms. The van der Waals surface area contributed by atoms with Gasteiger partial charge in [0.2, 0.25) is 5.88 Å². The Balaban J connectivity index is 1.89. The van der Waals surface area contributed by atoms with Gasteiger partial charge in [0.1, 0.15) is 17.7 Å². The molecule has 3 rings (SSSR count). The van der Waals surface area contributed by atoms with E-state index in [2.05, 4.69) is 26.9 Å². The number of rotatable bonds is 2. The van der Waals surface area contributed by atoms with Gasteiger partial charge in [-0.2, -0.15) is 0 Å². The first kappa shape index (κ1) is 12.1. The predicted molar refractivity (Wildman–Crippen MR) is 73.0 cm³/mol. The fourth-order valence-electron chi connectivity index (χ4n) is 2.38. The van der Waals surface area contributed by atoms with Crippen molar-refractivity contribution in [2.75, 3.05) is 25.9 Å². The normalized spacial score (nSPS) is 20.0. The van der Waals surface area contributed by atoms with E-state index >= 15 is 0 Å². The molecule has 0 amide bonds. The van der Waals surface area contributed by atoms with Gasteiger partial charge < -0.3 is 15.4 Å². The third-order valence-corrected chi connectivity index (χ3v) is 3.33. The third kappa shape index (κ3) is 2.44. The monoisotopic (exact) mass is 259 g/mol. The van der Waals surface area contributed by atoms with E-state index < -0.39 is 0 Å². The first-order valence-electron chi connectivity index (χ1n) is 6.37. The summed E-state index contributed by atoms with van der Waals surface area (Å²) >= 11 is 0. The Kier molecular flexibility index (Phi) is 2.94. The number of aryl methyl sites for hydroxylation is 1. The van der Waals surface area contributed by atoms with Gasteiger partial charge in [0.05, 0.1) is 11.7 Å². The average molecular weight is 259 g/mol. The number of ether oxygens (including phenoxy) is 1. The Morgan fingerprint density at radius 3 is 3.00 bits per heavy atom. The van der Waals surface area contributed by atoms with E-state index in [0.29, 0.717) is 17.5 Å². The van der Waals surface area contributed by atoms with Gasteiger partial charge in [-0.3, -0.25) is 0 Å². The van der Waals surface area contributed by atoms with Gasteiger partial charge in [-0.1, -0.05) is 0 Å². The number of aromatic nitrogens is 3. The second kappa shape index (κ2) is 4.62. The Bertz CT molecular complexity index is 615. The van der Waals surface area contributed by atoms with E-state index in [0.717, 1.165) is 30.4 Å². The van der Waals surface area contributed by atoms with Gasteiger partial charge in [0.15, 0.2) is 0 Å². The predicted octanol–water partition coefficient (Wildman–Crippen LogP) is 0.998. The summed E-state index contributed by atoms with van der Waals surface area (Å²) in [6.07, 6.45) is 2.91. The molecule has 1 fully saturated rings. The molecule has 100 valence electrons. The lowest BCUT2D eigenvalue weighted by molar-refractivity contribution is 0.200. The molecule has 19 heavy (non-hydrogen) atoms. The van der Waals surface area contributed by atoms with Crippen LogP contribution in [0.2, 0.25) is 0 Å². The largest absolute Gasteiger partial charge is 0.473 e. The van der Waals surface area contributed by atoms with Crippen LogP contribution in [0.4, 0.5) is 5.82 Å². The van der Waals surface area contributed by atoms with Crippen molar-refractivity contribution in [1.82, 2.24) is 19.9 Å².